The number of benzene rings is 2. The van der Waals surface area contributed by atoms with Gasteiger partial charge in [-0.05, 0) is 6.07 Å². The van der Waals surface area contributed by atoms with Crippen LogP contribution in [0, 0.1) is 0 Å². The van der Waals surface area contributed by atoms with Crippen molar-refractivity contribution in [3.63, 3.8) is 0 Å². The second-order valence-electron chi connectivity index (χ2n) is 6.41. The van der Waals surface area contributed by atoms with E-state index < -0.39 is 5.97 Å². The molecule has 7 heteroatoms. The Bertz CT molecular complexity index is 972. The molecule has 2 aromatic carbocycles. The zero-order valence-corrected chi connectivity index (χ0v) is 17.1. The molecule has 0 spiro atoms. The average molecular weight is 410 g/mol. The maximum absolute atomic E-state index is 12.3. The Morgan fingerprint density at radius 3 is 2.55 bits per heavy atom. The number of ether oxygens (including phenoxy) is 2. The molecule has 0 atom stereocenters. The molecule has 0 N–H and O–H groups in total. The number of nitrogens with zero attached hydrogens (tertiary/aromatic N) is 2. The number of thiazole rings is 1. The molecule has 3 aromatic rings. The minimum Gasteiger partial charge on any atom is -0.496 e. The van der Waals surface area contributed by atoms with Crippen LogP contribution in [0.1, 0.15) is 11.3 Å². The summed E-state index contributed by atoms with van der Waals surface area (Å²) in [7, 11) is 3.25. The van der Waals surface area contributed by atoms with Gasteiger partial charge in [-0.1, -0.05) is 48.5 Å². The summed E-state index contributed by atoms with van der Waals surface area (Å²) >= 11 is 1.47. The zero-order valence-electron chi connectivity index (χ0n) is 16.3. The second kappa shape index (κ2) is 9.84. The van der Waals surface area contributed by atoms with E-state index >= 15 is 0 Å². The van der Waals surface area contributed by atoms with Gasteiger partial charge in [0.15, 0.2) is 6.61 Å². The Morgan fingerprint density at radius 2 is 1.79 bits per heavy atom. The number of aromatic nitrogens is 1. The van der Waals surface area contributed by atoms with Gasteiger partial charge in [0, 0.05) is 30.1 Å². The van der Waals surface area contributed by atoms with Gasteiger partial charge >= 0.3 is 5.97 Å². The van der Waals surface area contributed by atoms with Crippen molar-refractivity contribution in [2.75, 3.05) is 20.8 Å². The van der Waals surface area contributed by atoms with Crippen LogP contribution in [0.4, 0.5) is 0 Å². The van der Waals surface area contributed by atoms with Crippen LogP contribution in [0.3, 0.4) is 0 Å². The molecule has 1 heterocycles. The molecule has 6 nitrogen and oxygen atoms in total. The fourth-order valence-electron chi connectivity index (χ4n) is 2.73. The number of para-hydroxylation sites is 1. The summed E-state index contributed by atoms with van der Waals surface area (Å²) in [5.74, 6) is -0.0524. The van der Waals surface area contributed by atoms with Gasteiger partial charge in [0.25, 0.3) is 5.91 Å². The van der Waals surface area contributed by atoms with E-state index in [1.807, 2.05) is 60.0 Å². The molecule has 0 bridgehead atoms. The Morgan fingerprint density at radius 1 is 1.07 bits per heavy atom. The number of methoxy groups -OCH3 is 1. The molecule has 0 saturated carbocycles. The maximum Gasteiger partial charge on any atom is 0.312 e. The van der Waals surface area contributed by atoms with Crippen molar-refractivity contribution in [2.24, 2.45) is 0 Å². The van der Waals surface area contributed by atoms with Crippen LogP contribution in [0.5, 0.6) is 5.75 Å². The third-order valence-corrected chi connectivity index (χ3v) is 5.22. The van der Waals surface area contributed by atoms with Gasteiger partial charge in [0.1, 0.15) is 10.8 Å². The molecular weight excluding hydrogens is 388 g/mol. The lowest BCUT2D eigenvalue weighted by Gasteiger charge is -2.18. The number of carbonyl (C=O) groups is 2. The first-order valence-electron chi connectivity index (χ1n) is 9.08. The van der Waals surface area contributed by atoms with Gasteiger partial charge in [0.2, 0.25) is 0 Å². The summed E-state index contributed by atoms with van der Waals surface area (Å²) in [6.45, 7) is 0.0626. The van der Waals surface area contributed by atoms with Gasteiger partial charge < -0.3 is 14.4 Å². The lowest BCUT2D eigenvalue weighted by atomic mass is 10.2. The van der Waals surface area contributed by atoms with Crippen molar-refractivity contribution < 1.29 is 19.1 Å². The number of esters is 1. The van der Waals surface area contributed by atoms with E-state index in [9.17, 15) is 9.59 Å². The second-order valence-corrected chi connectivity index (χ2v) is 7.27. The van der Waals surface area contributed by atoms with Gasteiger partial charge in [-0.15, -0.1) is 11.3 Å². The first kappa shape index (κ1) is 20.5. The summed E-state index contributed by atoms with van der Waals surface area (Å²) < 4.78 is 10.4. The van der Waals surface area contributed by atoms with Gasteiger partial charge in [0.05, 0.1) is 19.2 Å². The Hall–Kier alpha value is -3.19. The smallest absolute Gasteiger partial charge is 0.312 e. The molecule has 0 aliphatic heterocycles. The van der Waals surface area contributed by atoms with Crippen molar-refractivity contribution in [3.05, 3.63) is 71.2 Å². The maximum atomic E-state index is 12.3. The van der Waals surface area contributed by atoms with Crippen molar-refractivity contribution in [3.8, 4) is 16.3 Å². The van der Waals surface area contributed by atoms with Gasteiger partial charge in [-0.25, -0.2) is 4.98 Å². The number of likely N-dealkylation sites (N-methyl/N-ethyl adjacent to an activating group) is 1. The molecule has 150 valence electrons. The highest BCUT2D eigenvalue weighted by Crippen LogP contribution is 2.23. The van der Waals surface area contributed by atoms with Gasteiger partial charge in [-0.3, -0.25) is 9.59 Å². The van der Waals surface area contributed by atoms with E-state index in [-0.39, 0.29) is 18.9 Å². The molecule has 0 unspecified atom stereocenters. The minimum atomic E-state index is -0.478. The highest BCUT2D eigenvalue weighted by Gasteiger charge is 2.15. The monoisotopic (exact) mass is 410 g/mol. The van der Waals surface area contributed by atoms with Crippen molar-refractivity contribution in [1.82, 2.24) is 9.88 Å². The normalized spacial score (nSPS) is 10.4. The largest absolute Gasteiger partial charge is 0.496 e. The van der Waals surface area contributed by atoms with Crippen molar-refractivity contribution in [1.29, 1.82) is 0 Å². The van der Waals surface area contributed by atoms with Gasteiger partial charge in [-0.2, -0.15) is 0 Å². The van der Waals surface area contributed by atoms with Crippen LogP contribution in [0.2, 0.25) is 0 Å². The Kier molecular flexibility index (Phi) is 6.97. The molecule has 0 aliphatic carbocycles. The van der Waals surface area contributed by atoms with E-state index in [2.05, 4.69) is 4.98 Å². The van der Waals surface area contributed by atoms with E-state index in [4.69, 9.17) is 9.47 Å². The molecule has 1 aromatic heterocycles. The van der Waals surface area contributed by atoms with E-state index in [0.717, 1.165) is 16.1 Å². The van der Waals surface area contributed by atoms with Crippen LogP contribution in [0.15, 0.2) is 60.0 Å². The van der Waals surface area contributed by atoms with Crippen LogP contribution in [0.25, 0.3) is 10.6 Å². The summed E-state index contributed by atoms with van der Waals surface area (Å²) in [5, 5.41) is 2.68. The third-order valence-electron chi connectivity index (χ3n) is 4.28. The Labute approximate surface area is 173 Å². The van der Waals surface area contributed by atoms with Crippen LogP contribution >= 0.6 is 11.3 Å². The first-order chi connectivity index (χ1) is 14.1. The third kappa shape index (κ3) is 5.65. The quantitative estimate of drug-likeness (QED) is 0.531. The topological polar surface area (TPSA) is 68.7 Å². The summed E-state index contributed by atoms with van der Waals surface area (Å²) in [6, 6.07) is 17.2. The highest BCUT2D eigenvalue weighted by atomic mass is 32.1. The average Bonchev–Trinajstić information content (AvgIpc) is 3.21. The number of amides is 1. The zero-order chi connectivity index (χ0) is 20.6. The predicted molar refractivity (Wildman–Crippen MR) is 112 cm³/mol. The minimum absolute atomic E-state index is 0.0346. The highest BCUT2D eigenvalue weighted by molar-refractivity contribution is 7.13. The SMILES string of the molecule is COc1ccccc1CN(C)C(=O)COC(=O)Cc1csc(-c2ccccc2)n1. The molecular formula is C22H22N2O4S. The fourth-order valence-corrected chi connectivity index (χ4v) is 3.56. The number of rotatable bonds is 8. The molecule has 0 aliphatic rings. The molecule has 1 amide bonds. The molecule has 3 rings (SSSR count). The van der Waals surface area contributed by atoms with Crippen molar-refractivity contribution >= 4 is 23.2 Å². The fraction of sp³-hybridized carbons (Fsp3) is 0.227. The number of hydrogen-bond donors (Lipinski definition) is 0. The predicted octanol–water partition coefficient (Wildman–Crippen LogP) is 3.56. The van der Waals surface area contributed by atoms with E-state index in [1.54, 1.807) is 14.2 Å². The lowest BCUT2D eigenvalue weighted by Crippen LogP contribution is -2.31. The summed E-state index contributed by atoms with van der Waals surface area (Å²) in [4.78, 5) is 30.4. The van der Waals surface area contributed by atoms with E-state index in [1.165, 1.54) is 16.2 Å². The van der Waals surface area contributed by atoms with E-state index in [0.29, 0.717) is 18.0 Å². The standard InChI is InChI=1S/C22H22N2O4S/c1-24(13-17-10-6-7-11-19(17)27-2)20(25)14-28-21(26)12-18-15-29-22(23-18)16-8-4-3-5-9-16/h3-11,15H,12-14H2,1-2H3. The summed E-state index contributed by atoms with van der Waals surface area (Å²) in [6.07, 6.45) is 0.0346. The molecule has 0 saturated heterocycles. The van der Waals surface area contributed by atoms with Crippen molar-refractivity contribution in [2.45, 2.75) is 13.0 Å². The summed E-state index contributed by atoms with van der Waals surface area (Å²) in [5.41, 5.74) is 2.52. The van der Waals surface area contributed by atoms with Crippen LogP contribution in [-0.4, -0.2) is 42.5 Å². The number of carbonyl (C=O) groups excluding carboxylic acids is 2. The molecule has 0 fully saturated rings. The first-order valence-corrected chi connectivity index (χ1v) is 9.96. The van der Waals surface area contributed by atoms with Crippen LogP contribution < -0.4 is 4.74 Å². The Balaban J connectivity index is 1.49. The molecule has 0 radical (unpaired) electrons. The number of hydrogen-bond acceptors (Lipinski definition) is 6. The lowest BCUT2D eigenvalue weighted by molar-refractivity contribution is -0.151. The molecule has 29 heavy (non-hydrogen) atoms. The van der Waals surface area contributed by atoms with Crippen LogP contribution in [-0.2, 0) is 27.3 Å².